The molecule has 1 aromatic carbocycles. The van der Waals surface area contributed by atoms with Crippen LogP contribution in [0, 0.1) is 5.92 Å². The number of carbonyl (C=O) groups excluding carboxylic acids is 1. The maximum atomic E-state index is 11.9. The van der Waals surface area contributed by atoms with Crippen molar-refractivity contribution in [1.29, 1.82) is 0 Å². The van der Waals surface area contributed by atoms with Gasteiger partial charge < -0.3 is 16.2 Å². The minimum atomic E-state index is 0.0107. The van der Waals surface area contributed by atoms with E-state index in [4.69, 9.17) is 10.8 Å². The van der Waals surface area contributed by atoms with Gasteiger partial charge in [0.25, 0.3) is 0 Å². The topological polar surface area (TPSA) is 75.4 Å². The number of anilines is 1. The summed E-state index contributed by atoms with van der Waals surface area (Å²) in [6, 6.07) is 7.75. The molecule has 0 bridgehead atoms. The molecule has 1 rings (SSSR count). The molecule has 0 aliphatic carbocycles. The van der Waals surface area contributed by atoms with E-state index in [1.807, 2.05) is 31.2 Å². The molecule has 0 aliphatic rings. The molecule has 1 amide bonds. The van der Waals surface area contributed by atoms with E-state index in [1.54, 1.807) is 0 Å². The summed E-state index contributed by atoms with van der Waals surface area (Å²) in [5.74, 6) is 0.258. The van der Waals surface area contributed by atoms with Crippen molar-refractivity contribution in [2.75, 3.05) is 18.5 Å². The Morgan fingerprint density at radius 3 is 2.89 bits per heavy atom. The molecular weight excluding hydrogens is 240 g/mol. The van der Waals surface area contributed by atoms with Gasteiger partial charge in [0.1, 0.15) is 0 Å². The van der Waals surface area contributed by atoms with Crippen molar-refractivity contribution in [2.45, 2.75) is 32.6 Å². The molecule has 0 aromatic heterocycles. The van der Waals surface area contributed by atoms with E-state index in [0.717, 1.165) is 30.5 Å². The number of nitrogens with two attached hydrogens (primary N) is 1. The molecule has 106 valence electrons. The molecule has 0 saturated carbocycles. The highest BCUT2D eigenvalue weighted by molar-refractivity contribution is 5.90. The Balaban J connectivity index is 2.53. The molecule has 0 fully saturated rings. The van der Waals surface area contributed by atoms with Gasteiger partial charge in [-0.25, -0.2) is 0 Å². The maximum Gasteiger partial charge on any atom is 0.224 e. The normalized spacial score (nSPS) is 12.2. The van der Waals surface area contributed by atoms with Gasteiger partial charge >= 0.3 is 0 Å². The second-order valence-corrected chi connectivity index (χ2v) is 4.79. The lowest BCUT2D eigenvalue weighted by Crippen LogP contribution is -2.21. The number of rotatable bonds is 8. The van der Waals surface area contributed by atoms with Gasteiger partial charge in [-0.15, -0.1) is 0 Å². The second-order valence-electron chi connectivity index (χ2n) is 4.79. The number of carbonyl (C=O) groups is 1. The van der Waals surface area contributed by atoms with Gasteiger partial charge in [-0.2, -0.15) is 0 Å². The molecule has 19 heavy (non-hydrogen) atoms. The maximum absolute atomic E-state index is 11.9. The molecule has 1 unspecified atom stereocenters. The lowest BCUT2D eigenvalue weighted by atomic mass is 10.0. The standard InChI is InChI=1S/C15H24N2O2/c1-2-12(11-16)10-15(19)17-14-7-3-5-13(9-14)6-4-8-18/h3,5,7,9,12,18H,2,4,6,8,10-11,16H2,1H3,(H,17,19). The molecule has 4 N–H and O–H groups in total. The second kappa shape index (κ2) is 8.67. The van der Waals surface area contributed by atoms with Crippen LogP contribution in [0.5, 0.6) is 0 Å². The van der Waals surface area contributed by atoms with Crippen molar-refractivity contribution >= 4 is 11.6 Å². The third kappa shape index (κ3) is 5.85. The van der Waals surface area contributed by atoms with Gasteiger partial charge in [-0.1, -0.05) is 25.5 Å². The van der Waals surface area contributed by atoms with Gasteiger partial charge in [0, 0.05) is 18.7 Å². The highest BCUT2D eigenvalue weighted by atomic mass is 16.2. The Labute approximate surface area is 115 Å². The van der Waals surface area contributed by atoms with E-state index in [-0.39, 0.29) is 18.4 Å². The van der Waals surface area contributed by atoms with Crippen LogP contribution in [0.4, 0.5) is 5.69 Å². The number of aliphatic hydroxyl groups excluding tert-OH is 1. The molecule has 1 aromatic rings. The minimum absolute atomic E-state index is 0.0107. The summed E-state index contributed by atoms with van der Waals surface area (Å²) < 4.78 is 0. The van der Waals surface area contributed by atoms with Crippen LogP contribution in [-0.2, 0) is 11.2 Å². The first kappa shape index (κ1) is 15.7. The van der Waals surface area contributed by atoms with E-state index in [0.29, 0.717) is 13.0 Å². The number of amides is 1. The molecule has 4 nitrogen and oxygen atoms in total. The smallest absolute Gasteiger partial charge is 0.224 e. The largest absolute Gasteiger partial charge is 0.396 e. The van der Waals surface area contributed by atoms with Crippen LogP contribution < -0.4 is 11.1 Å². The summed E-state index contributed by atoms with van der Waals surface area (Å²) in [4.78, 5) is 11.9. The van der Waals surface area contributed by atoms with Crippen molar-refractivity contribution in [3.05, 3.63) is 29.8 Å². The average Bonchev–Trinajstić information content (AvgIpc) is 2.43. The fourth-order valence-corrected chi connectivity index (χ4v) is 1.96. The van der Waals surface area contributed by atoms with Gasteiger partial charge in [0.05, 0.1) is 0 Å². The summed E-state index contributed by atoms with van der Waals surface area (Å²) in [7, 11) is 0. The first-order chi connectivity index (χ1) is 9.19. The number of hydrogen-bond donors (Lipinski definition) is 3. The van der Waals surface area contributed by atoms with Gasteiger partial charge in [0.2, 0.25) is 5.91 Å². The summed E-state index contributed by atoms with van der Waals surface area (Å²) >= 11 is 0. The third-order valence-corrected chi connectivity index (χ3v) is 3.22. The zero-order valence-electron chi connectivity index (χ0n) is 11.6. The minimum Gasteiger partial charge on any atom is -0.396 e. The monoisotopic (exact) mass is 264 g/mol. The number of benzene rings is 1. The quantitative estimate of drug-likeness (QED) is 0.671. The number of aliphatic hydroxyl groups is 1. The van der Waals surface area contributed by atoms with Gasteiger partial charge in [-0.3, -0.25) is 4.79 Å². The highest BCUT2D eigenvalue weighted by Gasteiger charge is 2.10. The summed E-state index contributed by atoms with van der Waals surface area (Å²) in [5.41, 5.74) is 7.54. The van der Waals surface area contributed by atoms with Crippen molar-refractivity contribution < 1.29 is 9.90 Å². The Morgan fingerprint density at radius 2 is 2.26 bits per heavy atom. The fraction of sp³-hybridized carbons (Fsp3) is 0.533. The van der Waals surface area contributed by atoms with E-state index < -0.39 is 0 Å². The lowest BCUT2D eigenvalue weighted by molar-refractivity contribution is -0.117. The Morgan fingerprint density at radius 1 is 1.47 bits per heavy atom. The number of aryl methyl sites for hydroxylation is 1. The molecule has 4 heteroatoms. The SMILES string of the molecule is CCC(CN)CC(=O)Nc1cccc(CCCO)c1. The fourth-order valence-electron chi connectivity index (χ4n) is 1.96. The predicted octanol–water partition coefficient (Wildman–Crippen LogP) is 1.93. The van der Waals surface area contributed by atoms with Gasteiger partial charge in [-0.05, 0) is 43.0 Å². The van der Waals surface area contributed by atoms with Crippen LogP contribution in [-0.4, -0.2) is 24.2 Å². The van der Waals surface area contributed by atoms with E-state index in [9.17, 15) is 4.79 Å². The average molecular weight is 264 g/mol. The third-order valence-electron chi connectivity index (χ3n) is 3.22. The molecule has 0 spiro atoms. The Kier molecular flexibility index (Phi) is 7.15. The summed E-state index contributed by atoms with van der Waals surface area (Å²) in [5, 5.41) is 11.7. The number of nitrogens with one attached hydrogen (secondary N) is 1. The van der Waals surface area contributed by atoms with E-state index >= 15 is 0 Å². The molecule has 1 atom stereocenters. The summed E-state index contributed by atoms with van der Waals surface area (Å²) in [6.45, 7) is 2.77. The van der Waals surface area contributed by atoms with Gasteiger partial charge in [0.15, 0.2) is 0 Å². The zero-order valence-corrected chi connectivity index (χ0v) is 11.6. The number of hydrogen-bond acceptors (Lipinski definition) is 3. The highest BCUT2D eigenvalue weighted by Crippen LogP contribution is 2.14. The van der Waals surface area contributed by atoms with Crippen molar-refractivity contribution in [3.8, 4) is 0 Å². The van der Waals surface area contributed by atoms with E-state index in [2.05, 4.69) is 5.32 Å². The first-order valence-electron chi connectivity index (χ1n) is 6.89. The molecule has 0 heterocycles. The Bertz CT molecular complexity index is 389. The van der Waals surface area contributed by atoms with Crippen LogP contribution in [0.15, 0.2) is 24.3 Å². The first-order valence-corrected chi connectivity index (χ1v) is 6.89. The van der Waals surface area contributed by atoms with Crippen LogP contribution >= 0.6 is 0 Å². The van der Waals surface area contributed by atoms with Crippen molar-refractivity contribution in [3.63, 3.8) is 0 Å². The predicted molar refractivity (Wildman–Crippen MR) is 77.9 cm³/mol. The molecule has 0 saturated heterocycles. The van der Waals surface area contributed by atoms with Crippen LogP contribution in [0.25, 0.3) is 0 Å². The van der Waals surface area contributed by atoms with Crippen LogP contribution in [0.2, 0.25) is 0 Å². The summed E-state index contributed by atoms with van der Waals surface area (Å²) in [6.07, 6.45) is 2.94. The Hall–Kier alpha value is -1.39. The van der Waals surface area contributed by atoms with Crippen LogP contribution in [0.3, 0.4) is 0 Å². The van der Waals surface area contributed by atoms with E-state index in [1.165, 1.54) is 0 Å². The zero-order chi connectivity index (χ0) is 14.1. The van der Waals surface area contributed by atoms with Crippen molar-refractivity contribution in [2.24, 2.45) is 11.7 Å². The molecule has 0 aliphatic heterocycles. The lowest BCUT2D eigenvalue weighted by Gasteiger charge is -2.12. The van der Waals surface area contributed by atoms with Crippen molar-refractivity contribution in [1.82, 2.24) is 0 Å². The van der Waals surface area contributed by atoms with Crippen LogP contribution in [0.1, 0.15) is 31.7 Å². The molecule has 0 radical (unpaired) electrons. The molecular formula is C15H24N2O2.